The van der Waals surface area contributed by atoms with Crippen LogP contribution in [0.4, 0.5) is 34.1 Å². The van der Waals surface area contributed by atoms with Crippen molar-refractivity contribution >= 4 is 79.0 Å². The Kier molecular flexibility index (Phi) is 12.1. The van der Waals surface area contributed by atoms with E-state index in [-0.39, 0.29) is 12.1 Å². The Morgan fingerprint density at radius 1 is 0.368 bits per heavy atom. The van der Waals surface area contributed by atoms with Crippen molar-refractivity contribution in [2.75, 3.05) is 9.80 Å². The van der Waals surface area contributed by atoms with Crippen molar-refractivity contribution in [2.24, 2.45) is 0 Å². The van der Waals surface area contributed by atoms with Crippen LogP contribution in [0.1, 0.15) is 77.0 Å². The zero-order valence-corrected chi connectivity index (χ0v) is 44.5. The summed E-state index contributed by atoms with van der Waals surface area (Å²) in [6.07, 6.45) is 6.42. The van der Waals surface area contributed by atoms with Gasteiger partial charge in [-0.1, -0.05) is 217 Å². The molecule has 0 atom stereocenters. The van der Waals surface area contributed by atoms with Crippen molar-refractivity contribution in [1.82, 2.24) is 4.57 Å². The lowest BCUT2D eigenvalue weighted by atomic mass is 9.33. The van der Waals surface area contributed by atoms with Gasteiger partial charge in [0, 0.05) is 50.6 Å². The Labute approximate surface area is 449 Å². The van der Waals surface area contributed by atoms with Crippen LogP contribution in [0, 0.1) is 0 Å². The van der Waals surface area contributed by atoms with Gasteiger partial charge in [0.05, 0.1) is 11.0 Å². The van der Waals surface area contributed by atoms with Gasteiger partial charge >= 0.3 is 0 Å². The standard InChI is InChI=1S/C72H64BN3/c1-6-8-23-52-35-37-55(50-27-15-11-16-28-50)44-66(52)75-65-42-39-54(49-25-13-10-14-26-49)43-62(65)73-61-41-40-58(74-63-33-21-19-31-59(63)60-32-20-22-34-64(60)74)48-68(61)76(70-47-57(72(3,4)5)46-69(75)71(70)73)67-45-56(51-29-17-12-18-30-51)38-36-53(67)24-9-7-2/h10-22,25-48H,6-9,23-24H2,1-5H3. The molecule has 4 heteroatoms. The van der Waals surface area contributed by atoms with E-state index in [1.54, 1.807) is 0 Å². The molecule has 76 heavy (non-hydrogen) atoms. The second-order valence-electron chi connectivity index (χ2n) is 22.2. The van der Waals surface area contributed by atoms with Gasteiger partial charge in [-0.3, -0.25) is 0 Å². The van der Waals surface area contributed by atoms with Crippen molar-refractivity contribution in [3.8, 4) is 39.1 Å². The zero-order chi connectivity index (χ0) is 51.5. The Morgan fingerprint density at radius 2 is 0.829 bits per heavy atom. The number of aromatic nitrogens is 1. The normalized spacial score (nSPS) is 12.8. The van der Waals surface area contributed by atoms with Gasteiger partial charge in [-0.25, -0.2) is 0 Å². The van der Waals surface area contributed by atoms with Crippen molar-refractivity contribution in [1.29, 1.82) is 0 Å². The van der Waals surface area contributed by atoms with Gasteiger partial charge in [-0.05, 0) is 152 Å². The average molecular weight is 982 g/mol. The third-order valence-electron chi connectivity index (χ3n) is 16.3. The minimum absolute atomic E-state index is 0.0693. The summed E-state index contributed by atoms with van der Waals surface area (Å²) >= 11 is 0. The third-order valence-corrected chi connectivity index (χ3v) is 16.3. The number of unbranched alkanes of at least 4 members (excludes halogenated alkanes) is 2. The Hall–Kier alpha value is -8.34. The fourth-order valence-corrected chi connectivity index (χ4v) is 12.4. The fourth-order valence-electron chi connectivity index (χ4n) is 12.4. The van der Waals surface area contributed by atoms with Crippen molar-refractivity contribution in [2.45, 2.75) is 78.6 Å². The van der Waals surface area contributed by atoms with E-state index in [1.165, 1.54) is 122 Å². The van der Waals surface area contributed by atoms with Crippen molar-refractivity contribution < 1.29 is 0 Å². The highest BCUT2D eigenvalue weighted by molar-refractivity contribution is 7.00. The topological polar surface area (TPSA) is 11.4 Å². The van der Waals surface area contributed by atoms with E-state index in [1.807, 2.05) is 0 Å². The first-order chi connectivity index (χ1) is 37.3. The molecule has 3 heterocycles. The number of hydrogen-bond acceptors (Lipinski definition) is 2. The second kappa shape index (κ2) is 19.4. The van der Waals surface area contributed by atoms with E-state index in [4.69, 9.17) is 0 Å². The quantitative estimate of drug-likeness (QED) is 0.113. The highest BCUT2D eigenvalue weighted by Gasteiger charge is 2.45. The second-order valence-corrected chi connectivity index (χ2v) is 22.2. The summed E-state index contributed by atoms with van der Waals surface area (Å²) in [5.41, 5.74) is 26.2. The van der Waals surface area contributed by atoms with Gasteiger partial charge in [0.1, 0.15) is 0 Å². The number of rotatable bonds is 12. The number of anilines is 6. The van der Waals surface area contributed by atoms with Crippen molar-refractivity contribution in [3.63, 3.8) is 0 Å². The molecule has 1 aromatic heterocycles. The zero-order valence-electron chi connectivity index (χ0n) is 44.5. The molecule has 0 fully saturated rings. The summed E-state index contributed by atoms with van der Waals surface area (Å²) in [4.78, 5) is 5.39. The van der Waals surface area contributed by atoms with Crippen LogP contribution in [0.15, 0.2) is 224 Å². The molecule has 0 unspecified atom stereocenters. The van der Waals surface area contributed by atoms with E-state index in [9.17, 15) is 0 Å². The lowest BCUT2D eigenvalue weighted by molar-refractivity contribution is 0.590. The lowest BCUT2D eigenvalue weighted by Crippen LogP contribution is -2.61. The van der Waals surface area contributed by atoms with E-state index in [0.717, 1.165) is 44.2 Å². The van der Waals surface area contributed by atoms with Crippen LogP contribution < -0.4 is 26.2 Å². The summed E-state index contributed by atoms with van der Waals surface area (Å²) in [6, 6.07) is 85.2. The molecule has 2 aliphatic rings. The van der Waals surface area contributed by atoms with Gasteiger partial charge in [0.15, 0.2) is 0 Å². The van der Waals surface area contributed by atoms with E-state index >= 15 is 0 Å². The average Bonchev–Trinajstić information content (AvgIpc) is 3.94. The molecule has 0 N–H and O–H groups in total. The molecular weight excluding hydrogens is 918 g/mol. The molecule has 0 saturated carbocycles. The van der Waals surface area contributed by atoms with Gasteiger partial charge in [-0.2, -0.15) is 0 Å². The predicted octanol–water partition coefficient (Wildman–Crippen LogP) is 17.8. The maximum Gasteiger partial charge on any atom is 0.252 e. The molecule has 0 aliphatic carbocycles. The molecule has 11 aromatic rings. The van der Waals surface area contributed by atoms with E-state index in [2.05, 4.69) is 273 Å². The maximum atomic E-state index is 2.71. The van der Waals surface area contributed by atoms with Crippen LogP contribution in [0.25, 0.3) is 60.9 Å². The summed E-state index contributed by atoms with van der Waals surface area (Å²) in [7, 11) is 0. The smallest absolute Gasteiger partial charge is 0.252 e. The summed E-state index contributed by atoms with van der Waals surface area (Å²) in [5.74, 6) is 0. The molecule has 13 rings (SSSR count). The largest absolute Gasteiger partial charge is 0.311 e. The Balaban J connectivity index is 1.17. The molecule has 0 saturated heterocycles. The first-order valence-corrected chi connectivity index (χ1v) is 27.7. The van der Waals surface area contributed by atoms with Crippen molar-refractivity contribution in [3.05, 3.63) is 241 Å². The van der Waals surface area contributed by atoms with Gasteiger partial charge in [0.25, 0.3) is 6.71 Å². The molecular formula is C72H64BN3. The fraction of sp³-hybridized carbons (Fsp3) is 0.167. The Morgan fingerprint density at radius 3 is 1.33 bits per heavy atom. The minimum atomic E-state index is -0.172. The summed E-state index contributed by atoms with van der Waals surface area (Å²) in [5, 5.41) is 2.53. The number of aryl methyl sites for hydroxylation is 2. The SMILES string of the molecule is CCCCc1ccc(-c2ccccc2)cc1N1c2ccc(-c3ccccc3)cc2B2c3ccc(-n4c5ccccc5c5ccccc54)cc3N(c3cc(-c4ccccc4)ccc3CCCC)c3cc(C(C)(C)C)cc1c32. The molecule has 0 amide bonds. The minimum Gasteiger partial charge on any atom is -0.311 e. The molecule has 3 nitrogen and oxygen atoms in total. The van der Waals surface area contributed by atoms with Gasteiger partial charge < -0.3 is 14.4 Å². The first-order valence-electron chi connectivity index (χ1n) is 27.7. The summed E-state index contributed by atoms with van der Waals surface area (Å²) in [6.45, 7) is 11.7. The monoisotopic (exact) mass is 982 g/mol. The lowest BCUT2D eigenvalue weighted by Gasteiger charge is -2.46. The molecule has 0 radical (unpaired) electrons. The van der Waals surface area contributed by atoms with Crippen LogP contribution in [0.3, 0.4) is 0 Å². The van der Waals surface area contributed by atoms with Crippen LogP contribution >= 0.6 is 0 Å². The van der Waals surface area contributed by atoms with Gasteiger partial charge in [-0.15, -0.1) is 0 Å². The van der Waals surface area contributed by atoms with E-state index < -0.39 is 0 Å². The summed E-state index contributed by atoms with van der Waals surface area (Å²) < 4.78 is 2.50. The maximum absolute atomic E-state index is 2.71. The molecule has 10 aromatic carbocycles. The number of fused-ring (bicyclic) bond motifs is 7. The van der Waals surface area contributed by atoms with Crippen LogP contribution in [-0.4, -0.2) is 11.3 Å². The first kappa shape index (κ1) is 47.4. The third kappa shape index (κ3) is 8.14. The molecule has 370 valence electrons. The number of nitrogens with zero attached hydrogens (tertiary/aromatic N) is 3. The van der Waals surface area contributed by atoms with Gasteiger partial charge in [0.2, 0.25) is 0 Å². The Bertz CT molecular complexity index is 3910. The highest BCUT2D eigenvalue weighted by Crippen LogP contribution is 2.50. The van der Waals surface area contributed by atoms with Crippen LogP contribution in [0.2, 0.25) is 0 Å². The number of benzene rings is 10. The molecule has 2 aliphatic heterocycles. The van der Waals surface area contributed by atoms with Crippen LogP contribution in [0.5, 0.6) is 0 Å². The molecule has 0 spiro atoms. The predicted molar refractivity (Wildman–Crippen MR) is 327 cm³/mol. The van der Waals surface area contributed by atoms with E-state index in [0.29, 0.717) is 0 Å². The molecule has 0 bridgehead atoms. The number of hydrogen-bond donors (Lipinski definition) is 0. The van der Waals surface area contributed by atoms with Crippen LogP contribution in [-0.2, 0) is 18.3 Å². The highest BCUT2D eigenvalue weighted by atomic mass is 15.2. The number of para-hydroxylation sites is 2.